The van der Waals surface area contributed by atoms with Gasteiger partial charge in [0.2, 0.25) is 0 Å². The van der Waals surface area contributed by atoms with Gasteiger partial charge in [-0.25, -0.2) is 8.42 Å². The van der Waals surface area contributed by atoms with Gasteiger partial charge in [0.1, 0.15) is 4.90 Å². The zero-order valence-electron chi connectivity index (χ0n) is 11.4. The number of rotatable bonds is 4. The predicted molar refractivity (Wildman–Crippen MR) is 95.6 cm³/mol. The summed E-state index contributed by atoms with van der Waals surface area (Å²) >= 11 is 8.24. The number of thioether (sulfide) groups is 1. The summed E-state index contributed by atoms with van der Waals surface area (Å²) in [4.78, 5) is 1.20. The Hall–Kier alpha value is -0.500. The van der Waals surface area contributed by atoms with Gasteiger partial charge in [-0.1, -0.05) is 22.0 Å². The van der Waals surface area contributed by atoms with E-state index < -0.39 is 10.0 Å². The van der Waals surface area contributed by atoms with Crippen molar-refractivity contribution in [2.24, 2.45) is 0 Å². The fraction of sp³-hybridized carbons (Fsp3) is 0.143. The second-order valence-corrected chi connectivity index (χ2v) is 8.61. The Morgan fingerprint density at radius 1 is 1.10 bits per heavy atom. The molecule has 0 bridgehead atoms. The average Bonchev–Trinajstić information content (AvgIpc) is 2.42. The van der Waals surface area contributed by atoms with E-state index in [1.165, 1.54) is 0 Å². The zero-order valence-corrected chi connectivity index (χ0v) is 16.2. The molecule has 2 rings (SSSR count). The Labute approximate surface area is 145 Å². The fourth-order valence-corrected chi connectivity index (χ4v) is 4.92. The van der Waals surface area contributed by atoms with Crippen LogP contribution in [0.5, 0.6) is 0 Å². The molecule has 0 aliphatic heterocycles. The number of aryl methyl sites for hydroxylation is 1. The highest BCUT2D eigenvalue weighted by atomic mass is 79.9. The van der Waals surface area contributed by atoms with E-state index in [0.717, 1.165) is 14.9 Å². The Morgan fingerprint density at radius 3 is 2.48 bits per heavy atom. The second kappa shape index (κ2) is 6.73. The molecule has 0 fully saturated rings. The van der Waals surface area contributed by atoms with Gasteiger partial charge in [-0.15, -0.1) is 11.8 Å². The summed E-state index contributed by atoms with van der Waals surface area (Å²) in [7, 11) is -3.64. The highest BCUT2D eigenvalue weighted by Crippen LogP contribution is 2.30. The molecule has 0 atom stereocenters. The van der Waals surface area contributed by atoms with E-state index in [0.29, 0.717) is 10.2 Å². The van der Waals surface area contributed by atoms with Crippen LogP contribution in [0.15, 0.2) is 55.1 Å². The van der Waals surface area contributed by atoms with E-state index >= 15 is 0 Å². The van der Waals surface area contributed by atoms with Gasteiger partial charge in [0.25, 0.3) is 10.0 Å². The Kier molecular flexibility index (Phi) is 5.40. The molecule has 0 unspecified atom stereocenters. The van der Waals surface area contributed by atoms with Gasteiger partial charge >= 0.3 is 0 Å². The molecule has 2 aromatic carbocycles. The summed E-state index contributed by atoms with van der Waals surface area (Å²) in [5.74, 6) is 0. The van der Waals surface area contributed by atoms with Crippen molar-refractivity contribution in [2.45, 2.75) is 16.7 Å². The highest BCUT2D eigenvalue weighted by Gasteiger charge is 2.19. The quantitative estimate of drug-likeness (QED) is 0.663. The summed E-state index contributed by atoms with van der Waals surface area (Å²) in [5.41, 5.74) is 1.51. The summed E-state index contributed by atoms with van der Waals surface area (Å²) in [6.45, 7) is 1.90. The molecule has 0 saturated carbocycles. The largest absolute Gasteiger partial charge is 0.280 e. The van der Waals surface area contributed by atoms with E-state index in [-0.39, 0.29) is 4.90 Å². The van der Waals surface area contributed by atoms with Crippen molar-refractivity contribution in [2.75, 3.05) is 11.0 Å². The van der Waals surface area contributed by atoms with Crippen LogP contribution in [0.4, 0.5) is 5.69 Å². The van der Waals surface area contributed by atoms with Crippen LogP contribution < -0.4 is 4.72 Å². The summed E-state index contributed by atoms with van der Waals surface area (Å²) in [6, 6.07) is 10.7. The van der Waals surface area contributed by atoms with Crippen molar-refractivity contribution in [3.05, 3.63) is 50.9 Å². The summed E-state index contributed by atoms with van der Waals surface area (Å²) < 4.78 is 28.9. The first-order chi connectivity index (χ1) is 9.83. The number of anilines is 1. The normalized spacial score (nSPS) is 11.4. The van der Waals surface area contributed by atoms with Gasteiger partial charge in [0.15, 0.2) is 0 Å². The molecule has 0 spiro atoms. The second-order valence-electron chi connectivity index (χ2n) is 4.37. The molecule has 3 nitrogen and oxygen atoms in total. The smallest absolute Gasteiger partial charge is 0.263 e. The molecular weight excluding hydrogens is 438 g/mol. The number of nitrogens with one attached hydrogen (secondary N) is 1. The van der Waals surface area contributed by atoms with E-state index in [1.807, 2.05) is 25.3 Å². The predicted octanol–water partition coefficient (Wildman–Crippen LogP) is 5.04. The van der Waals surface area contributed by atoms with Crippen LogP contribution in [-0.4, -0.2) is 14.7 Å². The molecule has 2 aromatic rings. The molecule has 0 aliphatic carbocycles. The van der Waals surface area contributed by atoms with Gasteiger partial charge in [-0.3, -0.25) is 4.72 Å². The van der Waals surface area contributed by atoms with Crippen LogP contribution in [0.2, 0.25) is 0 Å². The lowest BCUT2D eigenvalue weighted by Crippen LogP contribution is -2.13. The Balaban J connectivity index is 2.40. The number of halogens is 2. The monoisotopic (exact) mass is 449 g/mol. The Bertz CT molecular complexity index is 777. The van der Waals surface area contributed by atoms with Gasteiger partial charge in [0, 0.05) is 19.5 Å². The summed E-state index contributed by atoms with van der Waals surface area (Å²) in [5, 5.41) is 0. The first-order valence-corrected chi connectivity index (χ1v) is 10.3. The number of benzene rings is 2. The van der Waals surface area contributed by atoms with Gasteiger partial charge in [-0.05, 0) is 65.0 Å². The van der Waals surface area contributed by atoms with E-state index in [9.17, 15) is 8.42 Å². The SMILES string of the molecule is CSc1cccc(NS(=O)(=O)c2cc(Br)c(C)cc2Br)c1. The van der Waals surface area contributed by atoms with Crippen LogP contribution >= 0.6 is 43.6 Å². The minimum atomic E-state index is -3.64. The third kappa shape index (κ3) is 4.03. The van der Waals surface area contributed by atoms with Crippen LogP contribution in [0.1, 0.15) is 5.56 Å². The van der Waals surface area contributed by atoms with Crippen LogP contribution in [0, 0.1) is 6.92 Å². The van der Waals surface area contributed by atoms with E-state index in [2.05, 4.69) is 36.6 Å². The minimum Gasteiger partial charge on any atom is -0.280 e. The fourth-order valence-electron chi connectivity index (χ4n) is 1.73. The first-order valence-electron chi connectivity index (χ1n) is 5.96. The molecule has 0 aromatic heterocycles. The van der Waals surface area contributed by atoms with Crippen molar-refractivity contribution < 1.29 is 8.42 Å². The highest BCUT2D eigenvalue weighted by molar-refractivity contribution is 9.11. The van der Waals surface area contributed by atoms with Crippen molar-refractivity contribution in [3.63, 3.8) is 0 Å². The molecular formula is C14H13Br2NO2S2. The van der Waals surface area contributed by atoms with Crippen molar-refractivity contribution in [1.29, 1.82) is 0 Å². The lowest BCUT2D eigenvalue weighted by Gasteiger charge is -2.12. The number of hydrogen-bond donors (Lipinski definition) is 1. The molecule has 112 valence electrons. The van der Waals surface area contributed by atoms with Gasteiger partial charge < -0.3 is 0 Å². The van der Waals surface area contributed by atoms with E-state index in [1.54, 1.807) is 36.0 Å². The molecule has 0 saturated heterocycles. The van der Waals surface area contributed by atoms with Crippen molar-refractivity contribution >= 4 is 59.3 Å². The lowest BCUT2D eigenvalue weighted by atomic mass is 10.2. The maximum Gasteiger partial charge on any atom is 0.263 e. The van der Waals surface area contributed by atoms with Gasteiger partial charge in [-0.2, -0.15) is 0 Å². The topological polar surface area (TPSA) is 46.2 Å². The minimum absolute atomic E-state index is 0.203. The van der Waals surface area contributed by atoms with Crippen LogP contribution in [-0.2, 0) is 10.0 Å². The first kappa shape index (κ1) is 16.9. The molecule has 21 heavy (non-hydrogen) atoms. The molecule has 0 amide bonds. The van der Waals surface area contributed by atoms with Crippen LogP contribution in [0.25, 0.3) is 0 Å². The molecule has 0 heterocycles. The average molecular weight is 451 g/mol. The number of sulfonamides is 1. The van der Waals surface area contributed by atoms with Crippen molar-refractivity contribution in [3.8, 4) is 0 Å². The van der Waals surface area contributed by atoms with Crippen LogP contribution in [0.3, 0.4) is 0 Å². The zero-order chi connectivity index (χ0) is 15.6. The molecule has 7 heteroatoms. The standard InChI is InChI=1S/C14H13Br2NO2S2/c1-9-6-13(16)14(8-12(9)15)21(18,19)17-10-4-3-5-11(7-10)20-2/h3-8,17H,1-2H3. The molecule has 0 aliphatic rings. The maximum atomic E-state index is 12.5. The lowest BCUT2D eigenvalue weighted by molar-refractivity contribution is 0.600. The Morgan fingerprint density at radius 2 is 1.81 bits per heavy atom. The molecule has 0 radical (unpaired) electrons. The maximum absolute atomic E-state index is 12.5. The van der Waals surface area contributed by atoms with Gasteiger partial charge in [0.05, 0.1) is 0 Å². The number of hydrogen-bond acceptors (Lipinski definition) is 3. The van der Waals surface area contributed by atoms with E-state index in [4.69, 9.17) is 0 Å². The third-order valence-electron chi connectivity index (χ3n) is 2.82. The molecule has 1 N–H and O–H groups in total. The third-order valence-corrected chi connectivity index (χ3v) is 6.74. The van der Waals surface area contributed by atoms with Crippen molar-refractivity contribution in [1.82, 2.24) is 0 Å². The summed E-state index contributed by atoms with van der Waals surface area (Å²) in [6.07, 6.45) is 1.95.